The topological polar surface area (TPSA) is 71.8 Å². The summed E-state index contributed by atoms with van der Waals surface area (Å²) in [6.45, 7) is 2.86. The van der Waals surface area contributed by atoms with Crippen LogP contribution in [0, 0.1) is 0 Å². The Morgan fingerprint density at radius 3 is 2.57 bits per heavy atom. The number of carbonyl (C=O) groups excluding carboxylic acids is 1. The van der Waals surface area contributed by atoms with E-state index >= 15 is 0 Å². The number of nitrogens with zero attached hydrogens (tertiary/aromatic N) is 3. The van der Waals surface area contributed by atoms with Gasteiger partial charge < -0.3 is 10.6 Å². The number of anilines is 1. The van der Waals surface area contributed by atoms with E-state index in [1.165, 1.54) is 4.80 Å². The molecule has 1 aliphatic heterocycles. The quantitative estimate of drug-likeness (QED) is 0.901. The standard InChI is InChI=1S/C15H19N5O/c1-15(8-2-3-9-16-15)14(21)19-12-4-6-13(7-5-12)20-17-10-11-18-20/h4-7,10-11,16H,2-3,8-9H2,1H3,(H,19,21). The maximum absolute atomic E-state index is 12.4. The second-order valence-corrected chi connectivity index (χ2v) is 5.54. The van der Waals surface area contributed by atoms with E-state index in [4.69, 9.17) is 0 Å². The van der Waals surface area contributed by atoms with Crippen molar-refractivity contribution in [3.05, 3.63) is 36.7 Å². The van der Waals surface area contributed by atoms with E-state index in [0.717, 1.165) is 37.2 Å². The zero-order chi connectivity index (χ0) is 14.7. The summed E-state index contributed by atoms with van der Waals surface area (Å²) in [5.41, 5.74) is 1.17. The van der Waals surface area contributed by atoms with Crippen molar-refractivity contribution in [3.8, 4) is 5.69 Å². The van der Waals surface area contributed by atoms with E-state index < -0.39 is 5.54 Å². The van der Waals surface area contributed by atoms with Gasteiger partial charge in [-0.05, 0) is 57.0 Å². The largest absolute Gasteiger partial charge is 0.324 e. The Bertz CT molecular complexity index is 600. The first-order valence-corrected chi connectivity index (χ1v) is 7.21. The van der Waals surface area contributed by atoms with E-state index in [0.29, 0.717) is 0 Å². The van der Waals surface area contributed by atoms with Crippen LogP contribution in [0.15, 0.2) is 36.7 Å². The number of hydrogen-bond donors (Lipinski definition) is 2. The summed E-state index contributed by atoms with van der Waals surface area (Å²) in [7, 11) is 0. The minimum Gasteiger partial charge on any atom is -0.324 e. The van der Waals surface area contributed by atoms with Crippen molar-refractivity contribution in [1.29, 1.82) is 0 Å². The number of nitrogens with one attached hydrogen (secondary N) is 2. The Kier molecular flexibility index (Phi) is 3.70. The van der Waals surface area contributed by atoms with Gasteiger partial charge in [0.2, 0.25) is 5.91 Å². The van der Waals surface area contributed by atoms with E-state index in [1.807, 2.05) is 31.2 Å². The fourth-order valence-electron chi connectivity index (χ4n) is 2.55. The molecule has 0 spiro atoms. The highest BCUT2D eigenvalue weighted by molar-refractivity contribution is 5.97. The molecule has 110 valence electrons. The SMILES string of the molecule is CC1(C(=O)Nc2ccc(-n3nccn3)cc2)CCCCN1. The second-order valence-electron chi connectivity index (χ2n) is 5.54. The molecule has 3 rings (SSSR count). The fourth-order valence-corrected chi connectivity index (χ4v) is 2.55. The lowest BCUT2D eigenvalue weighted by molar-refractivity contribution is -0.122. The summed E-state index contributed by atoms with van der Waals surface area (Å²) in [5, 5.41) is 14.4. The third kappa shape index (κ3) is 2.95. The molecule has 1 unspecified atom stereocenters. The van der Waals surface area contributed by atoms with Crippen LogP contribution in [-0.4, -0.2) is 33.0 Å². The molecule has 0 radical (unpaired) electrons. The molecule has 1 fully saturated rings. The maximum atomic E-state index is 12.4. The lowest BCUT2D eigenvalue weighted by Crippen LogP contribution is -2.54. The van der Waals surface area contributed by atoms with Gasteiger partial charge in [0.25, 0.3) is 0 Å². The second kappa shape index (κ2) is 5.65. The number of carbonyl (C=O) groups is 1. The molecule has 6 nitrogen and oxygen atoms in total. The van der Waals surface area contributed by atoms with Gasteiger partial charge in [0.05, 0.1) is 23.6 Å². The Balaban J connectivity index is 1.69. The van der Waals surface area contributed by atoms with Crippen LogP contribution in [-0.2, 0) is 4.79 Å². The molecule has 2 heterocycles. The molecule has 2 N–H and O–H groups in total. The van der Waals surface area contributed by atoms with Crippen molar-refractivity contribution in [2.24, 2.45) is 0 Å². The van der Waals surface area contributed by atoms with E-state index in [1.54, 1.807) is 12.4 Å². The van der Waals surface area contributed by atoms with Gasteiger partial charge in [-0.15, -0.1) is 0 Å². The zero-order valence-corrected chi connectivity index (χ0v) is 12.0. The average Bonchev–Trinajstić information content (AvgIpc) is 3.03. The minimum atomic E-state index is -0.472. The lowest BCUT2D eigenvalue weighted by atomic mass is 9.90. The van der Waals surface area contributed by atoms with Crippen molar-refractivity contribution in [2.75, 3.05) is 11.9 Å². The first-order chi connectivity index (χ1) is 10.2. The number of rotatable bonds is 3. The van der Waals surface area contributed by atoms with Crippen LogP contribution in [0.3, 0.4) is 0 Å². The van der Waals surface area contributed by atoms with E-state index in [2.05, 4.69) is 20.8 Å². The van der Waals surface area contributed by atoms with Crippen LogP contribution in [0.2, 0.25) is 0 Å². The van der Waals surface area contributed by atoms with Crippen molar-refractivity contribution in [2.45, 2.75) is 31.7 Å². The minimum absolute atomic E-state index is 0.0205. The van der Waals surface area contributed by atoms with E-state index in [9.17, 15) is 4.79 Å². The lowest BCUT2D eigenvalue weighted by Gasteiger charge is -2.33. The zero-order valence-electron chi connectivity index (χ0n) is 12.0. The molecular formula is C15H19N5O. The van der Waals surface area contributed by atoms with Gasteiger partial charge >= 0.3 is 0 Å². The van der Waals surface area contributed by atoms with Crippen LogP contribution in [0.25, 0.3) is 5.69 Å². The molecular weight excluding hydrogens is 266 g/mol. The molecule has 1 aromatic heterocycles. The fraction of sp³-hybridized carbons (Fsp3) is 0.400. The summed E-state index contributed by atoms with van der Waals surface area (Å²) in [4.78, 5) is 13.9. The monoisotopic (exact) mass is 285 g/mol. The van der Waals surface area contributed by atoms with Gasteiger partial charge in [0.1, 0.15) is 0 Å². The molecule has 0 bridgehead atoms. The van der Waals surface area contributed by atoms with Crippen LogP contribution < -0.4 is 10.6 Å². The van der Waals surface area contributed by atoms with Crippen LogP contribution >= 0.6 is 0 Å². The molecule has 0 aliphatic carbocycles. The van der Waals surface area contributed by atoms with Crippen molar-refractivity contribution in [1.82, 2.24) is 20.3 Å². The summed E-state index contributed by atoms with van der Waals surface area (Å²) in [5.74, 6) is 0.0205. The number of aromatic nitrogens is 3. The first-order valence-electron chi connectivity index (χ1n) is 7.21. The highest BCUT2D eigenvalue weighted by atomic mass is 16.2. The third-order valence-corrected chi connectivity index (χ3v) is 3.89. The number of benzene rings is 1. The molecule has 1 aromatic carbocycles. The predicted molar refractivity (Wildman–Crippen MR) is 80.2 cm³/mol. The van der Waals surface area contributed by atoms with Crippen molar-refractivity contribution >= 4 is 11.6 Å². The number of hydrogen-bond acceptors (Lipinski definition) is 4. The molecule has 1 aliphatic rings. The maximum Gasteiger partial charge on any atom is 0.244 e. The summed E-state index contributed by atoms with van der Waals surface area (Å²) in [6, 6.07) is 7.49. The normalized spacial score (nSPS) is 22.0. The van der Waals surface area contributed by atoms with Gasteiger partial charge in [-0.2, -0.15) is 15.0 Å². The molecule has 6 heteroatoms. The molecule has 1 atom stereocenters. The van der Waals surface area contributed by atoms with Gasteiger partial charge in [0.15, 0.2) is 0 Å². The summed E-state index contributed by atoms with van der Waals surface area (Å²) in [6.07, 6.45) is 6.35. The van der Waals surface area contributed by atoms with Crippen LogP contribution in [0.4, 0.5) is 5.69 Å². The Morgan fingerprint density at radius 2 is 1.95 bits per heavy atom. The Labute approximate surface area is 123 Å². The summed E-state index contributed by atoms with van der Waals surface area (Å²) >= 11 is 0. The van der Waals surface area contributed by atoms with Gasteiger partial charge in [-0.3, -0.25) is 4.79 Å². The predicted octanol–water partition coefficient (Wildman–Crippen LogP) is 1.74. The third-order valence-electron chi connectivity index (χ3n) is 3.89. The summed E-state index contributed by atoms with van der Waals surface area (Å²) < 4.78 is 0. The first kappa shape index (κ1) is 13.8. The molecule has 0 saturated carbocycles. The molecule has 21 heavy (non-hydrogen) atoms. The van der Waals surface area contributed by atoms with Gasteiger partial charge in [-0.1, -0.05) is 0 Å². The van der Waals surface area contributed by atoms with E-state index in [-0.39, 0.29) is 5.91 Å². The molecule has 1 amide bonds. The van der Waals surface area contributed by atoms with Crippen molar-refractivity contribution in [3.63, 3.8) is 0 Å². The average molecular weight is 285 g/mol. The molecule has 1 saturated heterocycles. The smallest absolute Gasteiger partial charge is 0.244 e. The Morgan fingerprint density at radius 1 is 1.24 bits per heavy atom. The molecule has 2 aromatic rings. The van der Waals surface area contributed by atoms with Crippen LogP contribution in [0.1, 0.15) is 26.2 Å². The Hall–Kier alpha value is -2.21. The number of piperidine rings is 1. The van der Waals surface area contributed by atoms with Crippen LogP contribution in [0.5, 0.6) is 0 Å². The van der Waals surface area contributed by atoms with Gasteiger partial charge in [-0.25, -0.2) is 0 Å². The number of amides is 1. The van der Waals surface area contributed by atoms with Gasteiger partial charge in [0, 0.05) is 5.69 Å². The highest BCUT2D eigenvalue weighted by Gasteiger charge is 2.34. The van der Waals surface area contributed by atoms with Crippen molar-refractivity contribution < 1.29 is 4.79 Å². The highest BCUT2D eigenvalue weighted by Crippen LogP contribution is 2.21.